The number of benzene rings is 3. The Kier molecular flexibility index (Phi) is 12.5. The largest absolute Gasteiger partial charge is 0.464 e. The summed E-state index contributed by atoms with van der Waals surface area (Å²) in [5.41, 5.74) is 7.69. The van der Waals surface area contributed by atoms with Gasteiger partial charge in [0.15, 0.2) is 0 Å². The lowest BCUT2D eigenvalue weighted by Gasteiger charge is -2.34. The number of fused-ring (bicyclic) bond motifs is 1. The van der Waals surface area contributed by atoms with Crippen molar-refractivity contribution in [2.45, 2.75) is 58.0 Å². The number of carbonyl (C=O) groups is 3. The van der Waals surface area contributed by atoms with Crippen LogP contribution in [-0.2, 0) is 24.3 Å². The first kappa shape index (κ1) is 37.9. The third-order valence-electron chi connectivity index (χ3n) is 10.1. The Morgan fingerprint density at radius 1 is 0.870 bits per heavy atom. The molecule has 2 aromatic heterocycles. The molecule has 54 heavy (non-hydrogen) atoms. The molecule has 280 valence electrons. The monoisotopic (exact) mass is 729 g/mol. The molecule has 3 heterocycles. The fraction of sp³-hybridized carbons (Fsp3) is 0.310. The number of pyridine rings is 2. The van der Waals surface area contributed by atoms with E-state index in [-0.39, 0.29) is 37.4 Å². The Bertz CT molecular complexity index is 2010. The van der Waals surface area contributed by atoms with Gasteiger partial charge in [-0.3, -0.25) is 20.2 Å². The van der Waals surface area contributed by atoms with Gasteiger partial charge in [0.05, 0.1) is 23.4 Å². The van der Waals surface area contributed by atoms with Gasteiger partial charge in [-0.2, -0.15) is 0 Å². The molecule has 1 aliphatic heterocycles. The number of hydrazine groups is 1. The maximum atomic E-state index is 14.4. The quantitative estimate of drug-likeness (QED) is 0.0942. The predicted octanol–water partition coefficient (Wildman–Crippen LogP) is 5.72. The van der Waals surface area contributed by atoms with Gasteiger partial charge in [-0.1, -0.05) is 99.1 Å². The minimum atomic E-state index is -1.27. The third-order valence-corrected chi connectivity index (χ3v) is 10.1. The number of carbonyl (C=O) groups excluding carboxylic acids is 2. The van der Waals surface area contributed by atoms with E-state index in [4.69, 9.17) is 0 Å². The number of aliphatic hydroxyl groups excluding tert-OH is 1. The summed E-state index contributed by atoms with van der Waals surface area (Å²) in [6.07, 6.45) is 1.95. The fourth-order valence-corrected chi connectivity index (χ4v) is 7.03. The number of nitrogens with zero attached hydrogens (tertiary/aromatic N) is 5. The number of aliphatic hydroxyl groups is 1. The Labute approximate surface area is 315 Å². The summed E-state index contributed by atoms with van der Waals surface area (Å²) in [5, 5.41) is 27.0. The number of rotatable bonds is 16. The molecule has 1 saturated heterocycles. The van der Waals surface area contributed by atoms with Crippen molar-refractivity contribution in [3.05, 3.63) is 132 Å². The van der Waals surface area contributed by atoms with E-state index in [9.17, 15) is 24.6 Å². The minimum absolute atomic E-state index is 0.115. The predicted molar refractivity (Wildman–Crippen MR) is 207 cm³/mol. The fourth-order valence-electron chi connectivity index (χ4n) is 7.03. The van der Waals surface area contributed by atoms with Gasteiger partial charge in [0.1, 0.15) is 6.04 Å². The van der Waals surface area contributed by atoms with Crippen LogP contribution in [0.25, 0.3) is 22.2 Å². The number of hydrogen-bond acceptors (Lipinski definition) is 7. The lowest BCUT2D eigenvalue weighted by atomic mass is 9.95. The summed E-state index contributed by atoms with van der Waals surface area (Å²) in [5.74, 6) is -0.541. The number of carboxylic acid groups (broad SMARTS) is 1. The molecule has 0 spiro atoms. The van der Waals surface area contributed by atoms with Crippen LogP contribution in [0.5, 0.6) is 0 Å². The van der Waals surface area contributed by atoms with Crippen LogP contribution in [0.1, 0.15) is 37.0 Å². The van der Waals surface area contributed by atoms with E-state index in [0.29, 0.717) is 26.1 Å². The van der Waals surface area contributed by atoms with Gasteiger partial charge in [0.2, 0.25) is 5.91 Å². The number of nitrogens with one attached hydrogen (secondary N) is 2. The van der Waals surface area contributed by atoms with Crippen molar-refractivity contribution in [2.24, 2.45) is 5.92 Å². The third kappa shape index (κ3) is 9.38. The van der Waals surface area contributed by atoms with E-state index in [0.717, 1.165) is 38.9 Å². The van der Waals surface area contributed by atoms with E-state index in [1.807, 2.05) is 117 Å². The van der Waals surface area contributed by atoms with Crippen molar-refractivity contribution in [2.75, 3.05) is 19.6 Å². The molecule has 3 aromatic carbocycles. The number of hydrogen-bond donors (Lipinski definition) is 4. The number of urea groups is 1. The van der Waals surface area contributed by atoms with Crippen LogP contribution in [0.2, 0.25) is 0 Å². The lowest BCUT2D eigenvalue weighted by Crippen LogP contribution is -2.58. The number of aromatic nitrogens is 2. The van der Waals surface area contributed by atoms with Gasteiger partial charge in [-0.05, 0) is 53.3 Å². The molecule has 12 nitrogen and oxygen atoms in total. The molecule has 4 amide bonds. The zero-order valence-corrected chi connectivity index (χ0v) is 30.6. The standard InChI is InChI=1S/C42H47N7O5/c1-3-29(2)39(49-24-23-47(42(49)54)27-33-20-22-44-36-15-8-7-13-34(33)36)40(51)45-37(25-30-11-5-4-6-12-30)38(50)28-48(46-41(52)53)26-31-16-18-32(19-17-31)35-14-9-10-21-43-35/h4-22,29,37-39,46,50H,3,23-28H2,1-2H3,(H,45,51)(H,52,53)/t29?,37-,38-,39-/m0/s1. The molecule has 0 aliphatic carbocycles. The lowest BCUT2D eigenvalue weighted by molar-refractivity contribution is -0.128. The smallest absolute Gasteiger partial charge is 0.419 e. The van der Waals surface area contributed by atoms with E-state index in [1.165, 1.54) is 5.01 Å². The maximum Gasteiger partial charge on any atom is 0.419 e. The molecular formula is C42H47N7O5. The van der Waals surface area contributed by atoms with Gasteiger partial charge >= 0.3 is 12.1 Å². The van der Waals surface area contributed by atoms with Gasteiger partial charge in [0, 0.05) is 56.1 Å². The van der Waals surface area contributed by atoms with Crippen LogP contribution in [0.4, 0.5) is 9.59 Å². The van der Waals surface area contributed by atoms with Crippen LogP contribution in [0.15, 0.2) is 116 Å². The topological polar surface area (TPSA) is 151 Å². The van der Waals surface area contributed by atoms with Gasteiger partial charge < -0.3 is 25.3 Å². The second-order valence-corrected chi connectivity index (χ2v) is 13.8. The van der Waals surface area contributed by atoms with Crippen LogP contribution in [-0.4, -0.2) is 90.8 Å². The Balaban J connectivity index is 1.19. The van der Waals surface area contributed by atoms with E-state index < -0.39 is 24.3 Å². The molecule has 1 aliphatic rings. The van der Waals surface area contributed by atoms with Crippen molar-refractivity contribution < 1.29 is 24.6 Å². The molecule has 0 radical (unpaired) electrons. The van der Waals surface area contributed by atoms with Gasteiger partial charge in [-0.15, -0.1) is 0 Å². The SMILES string of the molecule is CCC(C)[C@@H](C(=O)N[C@@H](Cc1ccccc1)[C@@H](O)CN(Cc1ccc(-c2ccccn2)cc1)NC(=O)O)N1CCN(Cc2ccnc3ccccc23)C1=O. The van der Waals surface area contributed by atoms with Crippen LogP contribution in [0.3, 0.4) is 0 Å². The summed E-state index contributed by atoms with van der Waals surface area (Å²) in [6.45, 7) is 5.23. The van der Waals surface area contributed by atoms with Crippen molar-refractivity contribution in [1.29, 1.82) is 0 Å². The van der Waals surface area contributed by atoms with Crippen LogP contribution in [0, 0.1) is 5.92 Å². The highest BCUT2D eigenvalue weighted by molar-refractivity contribution is 5.89. The number of amides is 4. The van der Waals surface area contributed by atoms with Gasteiger partial charge in [-0.25, -0.2) is 14.6 Å². The van der Waals surface area contributed by atoms with Crippen molar-refractivity contribution >= 4 is 28.9 Å². The highest BCUT2D eigenvalue weighted by Gasteiger charge is 2.41. The minimum Gasteiger partial charge on any atom is -0.464 e. The molecule has 0 saturated carbocycles. The zero-order chi connectivity index (χ0) is 38.0. The van der Waals surface area contributed by atoms with Crippen LogP contribution >= 0.6 is 0 Å². The maximum absolute atomic E-state index is 14.4. The zero-order valence-electron chi connectivity index (χ0n) is 30.6. The first-order valence-corrected chi connectivity index (χ1v) is 18.4. The molecule has 4 N–H and O–H groups in total. The average molecular weight is 730 g/mol. The normalized spacial score (nSPS) is 15.2. The highest BCUT2D eigenvalue weighted by atomic mass is 16.4. The number of para-hydroxylation sites is 1. The molecule has 1 fully saturated rings. The van der Waals surface area contributed by atoms with Crippen LogP contribution < -0.4 is 10.7 Å². The summed E-state index contributed by atoms with van der Waals surface area (Å²) in [6, 6.07) is 30.7. The summed E-state index contributed by atoms with van der Waals surface area (Å²) >= 11 is 0. The Hall–Kier alpha value is -5.85. The molecule has 5 aromatic rings. The summed E-state index contributed by atoms with van der Waals surface area (Å²) in [4.78, 5) is 52.5. The van der Waals surface area contributed by atoms with E-state index in [2.05, 4.69) is 20.7 Å². The Morgan fingerprint density at radius 3 is 2.33 bits per heavy atom. The second kappa shape index (κ2) is 17.8. The van der Waals surface area contributed by atoms with Crippen molar-refractivity contribution in [3.8, 4) is 11.3 Å². The molecule has 6 rings (SSSR count). The van der Waals surface area contributed by atoms with Crippen molar-refractivity contribution in [1.82, 2.24) is 35.5 Å². The average Bonchev–Trinajstić information content (AvgIpc) is 3.53. The second-order valence-electron chi connectivity index (χ2n) is 13.8. The molecule has 1 unspecified atom stereocenters. The molecule has 4 atom stereocenters. The summed E-state index contributed by atoms with van der Waals surface area (Å²) < 4.78 is 0. The molecular weight excluding hydrogens is 683 g/mol. The van der Waals surface area contributed by atoms with E-state index in [1.54, 1.807) is 22.2 Å². The highest BCUT2D eigenvalue weighted by Crippen LogP contribution is 2.25. The molecule has 12 heteroatoms. The Morgan fingerprint density at radius 2 is 1.61 bits per heavy atom. The first-order valence-electron chi connectivity index (χ1n) is 18.4. The van der Waals surface area contributed by atoms with E-state index >= 15 is 0 Å². The first-order chi connectivity index (χ1) is 26.2. The summed E-state index contributed by atoms with van der Waals surface area (Å²) in [7, 11) is 0. The van der Waals surface area contributed by atoms with Crippen molar-refractivity contribution in [3.63, 3.8) is 0 Å². The van der Waals surface area contributed by atoms with Gasteiger partial charge in [0.25, 0.3) is 0 Å². The molecule has 0 bridgehead atoms.